The molecule has 0 N–H and O–H groups in total. The van der Waals surface area contributed by atoms with Crippen molar-refractivity contribution >= 4 is 17.1 Å². The fourth-order valence-electron chi connectivity index (χ4n) is 2.25. The molecule has 18 heavy (non-hydrogen) atoms. The van der Waals surface area contributed by atoms with E-state index in [0.29, 0.717) is 6.42 Å². The molecule has 1 aliphatic rings. The van der Waals surface area contributed by atoms with Crippen molar-refractivity contribution in [2.45, 2.75) is 26.2 Å². The van der Waals surface area contributed by atoms with Crippen molar-refractivity contribution in [2.24, 2.45) is 0 Å². The Morgan fingerprint density at radius 2 is 2.17 bits per heavy atom. The first kappa shape index (κ1) is 11.5. The van der Waals surface area contributed by atoms with Gasteiger partial charge in [-0.1, -0.05) is 0 Å². The maximum absolute atomic E-state index is 13.1. The summed E-state index contributed by atoms with van der Waals surface area (Å²) >= 11 is 1.43. The Balaban J connectivity index is 2.10. The van der Waals surface area contributed by atoms with Gasteiger partial charge in [-0.05, 0) is 43.5 Å². The molecule has 3 rings (SSSR count). The van der Waals surface area contributed by atoms with Crippen LogP contribution in [0.2, 0.25) is 0 Å². The van der Waals surface area contributed by atoms with E-state index in [0.717, 1.165) is 39.5 Å². The number of aromatic nitrogens is 1. The highest BCUT2D eigenvalue weighted by molar-refractivity contribution is 7.17. The molecule has 0 aliphatic heterocycles. The van der Waals surface area contributed by atoms with Gasteiger partial charge in [-0.3, -0.25) is 4.79 Å². The summed E-state index contributed by atoms with van der Waals surface area (Å²) in [6.45, 7) is 1.86. The minimum atomic E-state index is -0.242. The zero-order chi connectivity index (χ0) is 12.7. The minimum absolute atomic E-state index is 0.194. The first-order valence-corrected chi connectivity index (χ1v) is 6.76. The van der Waals surface area contributed by atoms with Gasteiger partial charge in [0.1, 0.15) is 10.8 Å². The quantitative estimate of drug-likeness (QED) is 0.782. The summed E-state index contributed by atoms with van der Waals surface area (Å²) in [4.78, 5) is 17.1. The van der Waals surface area contributed by atoms with Crippen LogP contribution in [0, 0.1) is 12.7 Å². The molecule has 92 valence electrons. The van der Waals surface area contributed by atoms with Gasteiger partial charge < -0.3 is 0 Å². The molecule has 0 atom stereocenters. The number of ketones is 1. The van der Waals surface area contributed by atoms with E-state index in [4.69, 9.17) is 0 Å². The van der Waals surface area contributed by atoms with E-state index in [2.05, 4.69) is 4.98 Å². The minimum Gasteiger partial charge on any atom is -0.293 e. The van der Waals surface area contributed by atoms with Crippen LogP contribution in [0.1, 0.15) is 33.8 Å². The summed E-state index contributed by atoms with van der Waals surface area (Å²) in [5, 5.41) is 0.827. The van der Waals surface area contributed by atoms with Crippen LogP contribution in [0.5, 0.6) is 0 Å². The SMILES string of the molecule is Cc1cc(F)ccc1-c1nc2c(s1)C(=O)CCC2. The summed E-state index contributed by atoms with van der Waals surface area (Å²) in [5.41, 5.74) is 2.69. The van der Waals surface area contributed by atoms with E-state index in [1.54, 1.807) is 6.07 Å². The lowest BCUT2D eigenvalue weighted by Crippen LogP contribution is -2.07. The predicted octanol–water partition coefficient (Wildman–Crippen LogP) is 3.78. The third-order valence-electron chi connectivity index (χ3n) is 3.19. The summed E-state index contributed by atoms with van der Waals surface area (Å²) < 4.78 is 13.1. The van der Waals surface area contributed by atoms with Gasteiger partial charge in [-0.25, -0.2) is 9.37 Å². The molecule has 0 unspecified atom stereocenters. The Bertz CT molecular complexity index is 633. The number of hydrogen-bond donors (Lipinski definition) is 0. The molecule has 2 nitrogen and oxygen atoms in total. The van der Waals surface area contributed by atoms with Gasteiger partial charge in [0, 0.05) is 12.0 Å². The third-order valence-corrected chi connectivity index (χ3v) is 4.36. The fourth-order valence-corrected chi connectivity index (χ4v) is 3.42. The Hall–Kier alpha value is -1.55. The monoisotopic (exact) mass is 261 g/mol. The van der Waals surface area contributed by atoms with E-state index in [1.165, 1.54) is 23.5 Å². The maximum atomic E-state index is 13.1. The molecule has 2 aromatic rings. The van der Waals surface area contributed by atoms with Gasteiger partial charge in [-0.2, -0.15) is 0 Å². The van der Waals surface area contributed by atoms with Gasteiger partial charge in [0.2, 0.25) is 0 Å². The summed E-state index contributed by atoms with van der Waals surface area (Å²) in [6, 6.07) is 4.67. The van der Waals surface area contributed by atoms with E-state index >= 15 is 0 Å². The number of hydrogen-bond acceptors (Lipinski definition) is 3. The maximum Gasteiger partial charge on any atom is 0.174 e. The molecule has 1 heterocycles. The third kappa shape index (κ3) is 1.86. The summed E-state index contributed by atoms with van der Waals surface area (Å²) in [6.07, 6.45) is 2.38. The number of carbonyl (C=O) groups is 1. The lowest BCUT2D eigenvalue weighted by Gasteiger charge is -2.06. The molecule has 0 saturated carbocycles. The van der Waals surface area contributed by atoms with Crippen molar-refractivity contribution in [1.82, 2.24) is 4.98 Å². The highest BCUT2D eigenvalue weighted by Crippen LogP contribution is 2.34. The largest absolute Gasteiger partial charge is 0.293 e. The first-order valence-electron chi connectivity index (χ1n) is 5.94. The number of benzene rings is 1. The topological polar surface area (TPSA) is 30.0 Å². The first-order chi connectivity index (χ1) is 8.65. The van der Waals surface area contributed by atoms with Crippen LogP contribution in [-0.2, 0) is 6.42 Å². The Morgan fingerprint density at radius 1 is 1.33 bits per heavy atom. The molecule has 0 amide bonds. The zero-order valence-electron chi connectivity index (χ0n) is 10.00. The fraction of sp³-hybridized carbons (Fsp3) is 0.286. The highest BCUT2D eigenvalue weighted by atomic mass is 32.1. The van der Waals surface area contributed by atoms with Crippen LogP contribution in [0.3, 0.4) is 0 Å². The number of thiazole rings is 1. The van der Waals surface area contributed by atoms with Crippen molar-refractivity contribution in [3.05, 3.63) is 40.2 Å². The molecular formula is C14H12FNOS. The molecule has 0 spiro atoms. The van der Waals surface area contributed by atoms with Crippen LogP contribution in [0.4, 0.5) is 4.39 Å². The highest BCUT2D eigenvalue weighted by Gasteiger charge is 2.22. The van der Waals surface area contributed by atoms with Crippen LogP contribution in [0.25, 0.3) is 10.6 Å². The number of Topliss-reactive ketones (excluding diaryl/α,β-unsaturated/α-hetero) is 1. The standard InChI is InChI=1S/C14H12FNOS/c1-8-7-9(15)5-6-10(8)14-16-11-3-2-4-12(17)13(11)18-14/h5-7H,2-4H2,1H3. The molecule has 0 fully saturated rings. The Morgan fingerprint density at radius 3 is 2.89 bits per heavy atom. The van der Waals surface area contributed by atoms with E-state index in [-0.39, 0.29) is 11.6 Å². The van der Waals surface area contributed by atoms with Crippen LogP contribution in [-0.4, -0.2) is 10.8 Å². The molecule has 0 radical (unpaired) electrons. The molecule has 0 bridgehead atoms. The van der Waals surface area contributed by atoms with Crippen LogP contribution in [0.15, 0.2) is 18.2 Å². The van der Waals surface area contributed by atoms with E-state index in [1.807, 2.05) is 6.92 Å². The lowest BCUT2D eigenvalue weighted by atomic mass is 10.0. The molecule has 0 saturated heterocycles. The van der Waals surface area contributed by atoms with Crippen molar-refractivity contribution in [1.29, 1.82) is 0 Å². The summed E-state index contributed by atoms with van der Waals surface area (Å²) in [5.74, 6) is -0.0478. The second-order valence-electron chi connectivity index (χ2n) is 4.53. The summed E-state index contributed by atoms with van der Waals surface area (Å²) in [7, 11) is 0. The predicted molar refractivity (Wildman–Crippen MR) is 69.5 cm³/mol. The Kier molecular flexibility index (Phi) is 2.74. The number of aryl methyl sites for hydroxylation is 2. The molecule has 1 aromatic carbocycles. The Labute approximate surface area is 108 Å². The van der Waals surface area contributed by atoms with Crippen molar-refractivity contribution in [3.63, 3.8) is 0 Å². The van der Waals surface area contributed by atoms with Gasteiger partial charge in [0.15, 0.2) is 5.78 Å². The van der Waals surface area contributed by atoms with Crippen molar-refractivity contribution in [2.75, 3.05) is 0 Å². The number of halogens is 1. The van der Waals surface area contributed by atoms with Crippen molar-refractivity contribution in [3.8, 4) is 10.6 Å². The number of rotatable bonds is 1. The molecule has 1 aromatic heterocycles. The van der Waals surface area contributed by atoms with Gasteiger partial charge in [0.05, 0.1) is 10.6 Å². The number of carbonyl (C=O) groups excluding carboxylic acids is 1. The van der Waals surface area contributed by atoms with Crippen molar-refractivity contribution < 1.29 is 9.18 Å². The molecule has 4 heteroatoms. The van der Waals surface area contributed by atoms with Crippen LogP contribution >= 0.6 is 11.3 Å². The van der Waals surface area contributed by atoms with Gasteiger partial charge >= 0.3 is 0 Å². The molecular weight excluding hydrogens is 249 g/mol. The van der Waals surface area contributed by atoms with E-state index in [9.17, 15) is 9.18 Å². The second-order valence-corrected chi connectivity index (χ2v) is 5.53. The normalized spacial score (nSPS) is 14.7. The second kappa shape index (κ2) is 4.28. The lowest BCUT2D eigenvalue weighted by molar-refractivity contribution is 0.0976. The van der Waals surface area contributed by atoms with Crippen LogP contribution < -0.4 is 0 Å². The smallest absolute Gasteiger partial charge is 0.174 e. The van der Waals surface area contributed by atoms with E-state index < -0.39 is 0 Å². The zero-order valence-corrected chi connectivity index (χ0v) is 10.8. The van der Waals surface area contributed by atoms with Gasteiger partial charge in [-0.15, -0.1) is 11.3 Å². The number of nitrogens with zero attached hydrogens (tertiary/aromatic N) is 1. The number of fused-ring (bicyclic) bond motifs is 1. The molecule has 1 aliphatic carbocycles. The van der Waals surface area contributed by atoms with Gasteiger partial charge in [0.25, 0.3) is 0 Å². The average Bonchev–Trinajstić information content (AvgIpc) is 2.74. The average molecular weight is 261 g/mol.